The third kappa shape index (κ3) is 3.91. The van der Waals surface area contributed by atoms with Gasteiger partial charge in [0.1, 0.15) is 24.0 Å². The quantitative estimate of drug-likeness (QED) is 0.377. The molecule has 1 amide bonds. The number of carbonyl (C=O) groups excluding carboxylic acids is 1. The molecule has 0 aliphatic carbocycles. The lowest BCUT2D eigenvalue weighted by molar-refractivity contribution is 0.0996. The fourth-order valence-corrected chi connectivity index (χ4v) is 3.80. The lowest BCUT2D eigenvalue weighted by Crippen LogP contribution is -2.20. The Morgan fingerprint density at radius 1 is 1.31 bits per heavy atom. The lowest BCUT2D eigenvalue weighted by Gasteiger charge is -2.11. The molecule has 0 fully saturated rings. The molecule has 11 nitrogen and oxygen atoms in total. The molecule has 178 valence electrons. The summed E-state index contributed by atoms with van der Waals surface area (Å²) in [4.78, 5) is 20.7. The Bertz CT molecular complexity index is 1540. The Hall–Kier alpha value is -4.50. The van der Waals surface area contributed by atoms with Gasteiger partial charge in [-0.05, 0) is 26.0 Å². The van der Waals surface area contributed by atoms with Crippen LogP contribution in [0.25, 0.3) is 22.8 Å². The van der Waals surface area contributed by atoms with Gasteiger partial charge in [0.25, 0.3) is 5.91 Å². The largest absolute Gasteiger partial charge is 0.491 e. The van der Waals surface area contributed by atoms with Crippen LogP contribution in [-0.4, -0.2) is 47.5 Å². The third-order valence-corrected chi connectivity index (χ3v) is 5.45. The summed E-state index contributed by atoms with van der Waals surface area (Å²) in [5, 5.41) is 21.3. The van der Waals surface area contributed by atoms with Crippen molar-refractivity contribution in [2.24, 2.45) is 5.73 Å². The van der Waals surface area contributed by atoms with Crippen LogP contribution < -0.4 is 10.5 Å². The van der Waals surface area contributed by atoms with Crippen LogP contribution in [0.1, 0.15) is 40.4 Å². The highest BCUT2D eigenvalue weighted by molar-refractivity contribution is 5.98. The molecule has 4 aromatic rings. The zero-order valence-corrected chi connectivity index (χ0v) is 19.0. The minimum atomic E-state index is -1.78. The van der Waals surface area contributed by atoms with E-state index in [1.807, 2.05) is 0 Å². The molecule has 3 aromatic heterocycles. The van der Waals surface area contributed by atoms with Crippen LogP contribution in [0.15, 0.2) is 22.7 Å². The van der Waals surface area contributed by atoms with Gasteiger partial charge in [-0.3, -0.25) is 9.89 Å². The molecule has 5 rings (SSSR count). The first kappa shape index (κ1) is 22.3. The first-order valence-electron chi connectivity index (χ1n) is 10.6. The normalized spacial score (nSPS) is 14.1. The van der Waals surface area contributed by atoms with E-state index in [0.29, 0.717) is 29.3 Å². The van der Waals surface area contributed by atoms with Crippen molar-refractivity contribution in [2.75, 3.05) is 6.61 Å². The number of hydrogen-bond donors (Lipinski definition) is 3. The van der Waals surface area contributed by atoms with Crippen LogP contribution in [0.4, 0.5) is 4.39 Å². The molecular formula is C23H20FN7O4. The topological polar surface area (TPSA) is 158 Å². The number of hydrogen-bond acceptors (Lipinski definition) is 8. The number of primary amides is 1. The number of nitrogens with one attached hydrogen (secondary N) is 1. The van der Waals surface area contributed by atoms with Crippen LogP contribution in [0, 0.1) is 31.5 Å². The number of aryl methyl sites for hydroxylation is 2. The molecule has 0 bridgehead atoms. The van der Waals surface area contributed by atoms with E-state index in [-0.39, 0.29) is 35.3 Å². The van der Waals surface area contributed by atoms with E-state index in [1.54, 1.807) is 24.5 Å². The molecule has 4 heterocycles. The van der Waals surface area contributed by atoms with Crippen molar-refractivity contribution < 1.29 is 23.6 Å². The van der Waals surface area contributed by atoms with E-state index >= 15 is 0 Å². The fourth-order valence-electron chi connectivity index (χ4n) is 3.80. The maximum Gasteiger partial charge on any atom is 0.269 e. The second kappa shape index (κ2) is 8.07. The summed E-state index contributed by atoms with van der Waals surface area (Å²) in [5.74, 6) is 4.67. The highest BCUT2D eigenvalue weighted by atomic mass is 19.1. The number of halogens is 1. The average Bonchev–Trinajstić information content (AvgIpc) is 3.49. The zero-order valence-electron chi connectivity index (χ0n) is 19.0. The van der Waals surface area contributed by atoms with E-state index in [1.165, 1.54) is 19.1 Å². The monoisotopic (exact) mass is 477 g/mol. The summed E-state index contributed by atoms with van der Waals surface area (Å²) in [6.45, 7) is 5.28. The number of fused-ring (bicyclic) bond motifs is 3. The van der Waals surface area contributed by atoms with Gasteiger partial charge in [-0.15, -0.1) is 0 Å². The first-order valence-corrected chi connectivity index (χ1v) is 10.6. The Balaban J connectivity index is 1.65. The SMILES string of the molecule is Cc1cc(-c2c(C(N)=O)nc3n2CCOc2cc(F)c(C#C[C@@](C)(O)c4noc(C)n4)cc2-3)[nH]n1. The van der Waals surface area contributed by atoms with Gasteiger partial charge in [0.05, 0.1) is 34.8 Å². The minimum Gasteiger partial charge on any atom is -0.491 e. The predicted octanol–water partition coefficient (Wildman–Crippen LogP) is 1.83. The zero-order chi connectivity index (χ0) is 24.9. The van der Waals surface area contributed by atoms with Gasteiger partial charge in [0, 0.05) is 13.0 Å². The fraction of sp³-hybridized carbons (Fsp3) is 0.261. The number of ether oxygens (including phenoxy) is 1. The van der Waals surface area contributed by atoms with E-state index in [2.05, 4.69) is 37.2 Å². The smallest absolute Gasteiger partial charge is 0.269 e. The number of imidazole rings is 1. The molecule has 0 radical (unpaired) electrons. The highest BCUT2D eigenvalue weighted by Gasteiger charge is 2.29. The highest BCUT2D eigenvalue weighted by Crippen LogP contribution is 2.37. The van der Waals surface area contributed by atoms with E-state index < -0.39 is 17.3 Å². The Morgan fingerprint density at radius 2 is 2.11 bits per heavy atom. The summed E-state index contributed by atoms with van der Waals surface area (Å²) in [6, 6.07) is 4.42. The van der Waals surface area contributed by atoms with Gasteiger partial charge < -0.3 is 24.7 Å². The van der Waals surface area contributed by atoms with Crippen molar-refractivity contribution in [1.29, 1.82) is 0 Å². The molecule has 35 heavy (non-hydrogen) atoms. The van der Waals surface area contributed by atoms with Crippen LogP contribution in [0.3, 0.4) is 0 Å². The number of H-pyrrole nitrogens is 1. The Morgan fingerprint density at radius 3 is 2.77 bits per heavy atom. The number of benzene rings is 1. The van der Waals surface area contributed by atoms with Crippen LogP contribution in [0.2, 0.25) is 0 Å². The molecule has 1 aromatic carbocycles. The van der Waals surface area contributed by atoms with Gasteiger partial charge in [-0.2, -0.15) is 10.1 Å². The average molecular weight is 477 g/mol. The number of amides is 1. The summed E-state index contributed by atoms with van der Waals surface area (Å²) in [6.07, 6.45) is 0. The molecule has 1 aliphatic rings. The van der Waals surface area contributed by atoms with Gasteiger partial charge in [-0.1, -0.05) is 17.0 Å². The molecule has 12 heteroatoms. The first-order chi connectivity index (χ1) is 16.6. The molecule has 0 saturated heterocycles. The number of carbonyl (C=O) groups is 1. The van der Waals surface area contributed by atoms with Crippen molar-refractivity contribution in [3.05, 3.63) is 52.7 Å². The maximum absolute atomic E-state index is 14.9. The van der Waals surface area contributed by atoms with Gasteiger partial charge in [0.15, 0.2) is 11.3 Å². The maximum atomic E-state index is 14.9. The summed E-state index contributed by atoms with van der Waals surface area (Å²) in [7, 11) is 0. The molecule has 0 unspecified atom stereocenters. The number of rotatable bonds is 3. The molecule has 0 spiro atoms. The molecular weight excluding hydrogens is 457 g/mol. The molecule has 4 N–H and O–H groups in total. The van der Waals surface area contributed by atoms with Crippen LogP contribution in [-0.2, 0) is 12.1 Å². The number of aromatic nitrogens is 6. The summed E-state index contributed by atoms with van der Waals surface area (Å²) in [5.41, 5.74) is 6.02. The van der Waals surface area contributed by atoms with Crippen molar-refractivity contribution in [2.45, 2.75) is 32.9 Å². The Labute approximate surface area is 198 Å². The number of nitrogens with two attached hydrogens (primary N) is 1. The van der Waals surface area contributed by atoms with Crippen molar-refractivity contribution in [3.8, 4) is 40.4 Å². The van der Waals surface area contributed by atoms with E-state index in [9.17, 15) is 14.3 Å². The van der Waals surface area contributed by atoms with Crippen molar-refractivity contribution in [3.63, 3.8) is 0 Å². The van der Waals surface area contributed by atoms with E-state index in [4.69, 9.17) is 15.0 Å². The Kier molecular flexibility index (Phi) is 5.14. The summed E-state index contributed by atoms with van der Waals surface area (Å²) >= 11 is 0. The van der Waals surface area contributed by atoms with Crippen LogP contribution >= 0.6 is 0 Å². The lowest BCUT2D eigenvalue weighted by atomic mass is 10.0. The predicted molar refractivity (Wildman–Crippen MR) is 119 cm³/mol. The number of aromatic amines is 1. The third-order valence-electron chi connectivity index (χ3n) is 5.45. The van der Waals surface area contributed by atoms with Crippen LogP contribution in [0.5, 0.6) is 5.75 Å². The van der Waals surface area contributed by atoms with E-state index in [0.717, 1.165) is 5.69 Å². The van der Waals surface area contributed by atoms with Gasteiger partial charge in [-0.25, -0.2) is 9.37 Å². The van der Waals surface area contributed by atoms with Crippen molar-refractivity contribution >= 4 is 5.91 Å². The van der Waals surface area contributed by atoms with Crippen molar-refractivity contribution in [1.82, 2.24) is 29.9 Å². The molecule has 1 aliphatic heterocycles. The van der Waals surface area contributed by atoms with Gasteiger partial charge >= 0.3 is 0 Å². The van der Waals surface area contributed by atoms with Gasteiger partial charge in [0.2, 0.25) is 11.7 Å². The second-order valence-electron chi connectivity index (χ2n) is 8.21. The number of aliphatic hydroxyl groups is 1. The minimum absolute atomic E-state index is 0.0242. The molecule has 1 atom stereocenters. The standard InChI is InChI=1S/C23H20FN7O4/c1-11-8-16(29-28-11)19-18(20(25)32)27-21-14-9-13(15(24)10-17(14)34-7-6-31(19)21)4-5-23(3,33)22-26-12(2)35-30-22/h8-10,33H,6-7H2,1-3H3,(H2,25,32)(H,28,29)/t23-/m1/s1. The summed E-state index contributed by atoms with van der Waals surface area (Å²) < 4.78 is 27.3. The second-order valence-corrected chi connectivity index (χ2v) is 8.21. The molecule has 0 saturated carbocycles. The number of nitrogens with zero attached hydrogens (tertiary/aromatic N) is 5.